The molecule has 0 bridgehead atoms. The number of benzene rings is 2. The van der Waals surface area contributed by atoms with Crippen LogP contribution in [0, 0.1) is 16.0 Å². The van der Waals surface area contributed by atoms with Gasteiger partial charge in [0.25, 0.3) is 11.6 Å². The number of amides is 3. The van der Waals surface area contributed by atoms with Gasteiger partial charge >= 0.3 is 6.03 Å². The lowest BCUT2D eigenvalue weighted by molar-refractivity contribution is -0.387. The van der Waals surface area contributed by atoms with E-state index in [1.807, 2.05) is 0 Å². The first kappa shape index (κ1) is 25.5. The molecule has 3 rings (SSSR count). The van der Waals surface area contributed by atoms with E-state index < -0.39 is 10.8 Å². The minimum Gasteiger partial charge on any atom is -0.376 e. The number of ether oxygens (including phenoxy) is 1. The Balaban J connectivity index is 1.55. The van der Waals surface area contributed by atoms with Gasteiger partial charge in [-0.05, 0) is 67.3 Å². The molecule has 34 heavy (non-hydrogen) atoms. The normalized spacial score (nSPS) is 15.2. The maximum atomic E-state index is 12.6. The lowest BCUT2D eigenvalue weighted by Crippen LogP contribution is -2.35. The number of urea groups is 1. The Morgan fingerprint density at radius 3 is 2.47 bits per heavy atom. The van der Waals surface area contributed by atoms with Gasteiger partial charge in [0, 0.05) is 36.2 Å². The second-order valence-corrected chi connectivity index (χ2v) is 9.61. The molecule has 3 N–H and O–H groups in total. The van der Waals surface area contributed by atoms with E-state index in [2.05, 4.69) is 29.8 Å². The summed E-state index contributed by atoms with van der Waals surface area (Å²) < 4.78 is 5.47. The molecule has 0 radical (unpaired) electrons. The average molecular weight is 487 g/mol. The van der Waals surface area contributed by atoms with Crippen molar-refractivity contribution in [1.82, 2.24) is 5.32 Å². The van der Waals surface area contributed by atoms with Gasteiger partial charge in [0.15, 0.2) is 0 Å². The van der Waals surface area contributed by atoms with Crippen LogP contribution in [0.15, 0.2) is 47.4 Å². The number of rotatable bonds is 10. The highest BCUT2D eigenvalue weighted by Gasteiger charge is 2.19. The van der Waals surface area contributed by atoms with Crippen molar-refractivity contribution in [1.29, 1.82) is 0 Å². The van der Waals surface area contributed by atoms with Crippen molar-refractivity contribution in [3.63, 3.8) is 0 Å². The Morgan fingerprint density at radius 2 is 1.85 bits per heavy atom. The first-order valence-electron chi connectivity index (χ1n) is 11.3. The summed E-state index contributed by atoms with van der Waals surface area (Å²) in [6.45, 7) is 5.40. The zero-order valence-corrected chi connectivity index (χ0v) is 20.2. The van der Waals surface area contributed by atoms with Crippen molar-refractivity contribution in [2.45, 2.75) is 44.1 Å². The van der Waals surface area contributed by atoms with Crippen LogP contribution in [0.4, 0.5) is 21.9 Å². The maximum Gasteiger partial charge on any atom is 0.319 e. The van der Waals surface area contributed by atoms with E-state index in [1.54, 1.807) is 36.4 Å². The van der Waals surface area contributed by atoms with Gasteiger partial charge in [-0.1, -0.05) is 13.8 Å². The summed E-state index contributed by atoms with van der Waals surface area (Å²) in [4.78, 5) is 36.3. The smallest absolute Gasteiger partial charge is 0.319 e. The fourth-order valence-electron chi connectivity index (χ4n) is 3.36. The van der Waals surface area contributed by atoms with Crippen LogP contribution in [-0.4, -0.2) is 41.9 Å². The third-order valence-electron chi connectivity index (χ3n) is 5.29. The fourth-order valence-corrected chi connectivity index (χ4v) is 4.61. The number of nitro groups is 1. The lowest BCUT2D eigenvalue weighted by atomic mass is 10.2. The van der Waals surface area contributed by atoms with E-state index in [-0.39, 0.29) is 23.4 Å². The van der Waals surface area contributed by atoms with Crippen molar-refractivity contribution in [3.8, 4) is 0 Å². The monoisotopic (exact) mass is 486 g/mol. The molecular weight excluding hydrogens is 456 g/mol. The molecule has 0 aliphatic carbocycles. The molecule has 1 fully saturated rings. The zero-order chi connectivity index (χ0) is 24.5. The largest absolute Gasteiger partial charge is 0.376 e. The summed E-state index contributed by atoms with van der Waals surface area (Å²) in [5, 5.41) is 19.8. The van der Waals surface area contributed by atoms with Crippen LogP contribution in [0.25, 0.3) is 0 Å². The number of hydrogen-bond acceptors (Lipinski definition) is 6. The average Bonchev–Trinajstić information content (AvgIpc) is 3.32. The fraction of sp³-hybridized carbons (Fsp3) is 0.417. The van der Waals surface area contributed by atoms with Crippen LogP contribution >= 0.6 is 11.8 Å². The first-order valence-corrected chi connectivity index (χ1v) is 12.3. The summed E-state index contributed by atoms with van der Waals surface area (Å²) >= 11 is 1.42. The topological polar surface area (TPSA) is 123 Å². The molecule has 2 aromatic carbocycles. The van der Waals surface area contributed by atoms with Gasteiger partial charge in [-0.3, -0.25) is 14.9 Å². The van der Waals surface area contributed by atoms with Crippen molar-refractivity contribution >= 4 is 40.8 Å². The van der Waals surface area contributed by atoms with E-state index >= 15 is 0 Å². The van der Waals surface area contributed by atoms with Gasteiger partial charge < -0.3 is 20.7 Å². The third-order valence-corrected chi connectivity index (χ3v) is 6.38. The molecular formula is C24H30N4O5S. The number of anilines is 2. The van der Waals surface area contributed by atoms with Crippen molar-refractivity contribution < 1.29 is 19.2 Å². The highest BCUT2D eigenvalue weighted by molar-refractivity contribution is 7.99. The van der Waals surface area contributed by atoms with Crippen molar-refractivity contribution in [3.05, 3.63) is 58.1 Å². The van der Waals surface area contributed by atoms with E-state index in [0.29, 0.717) is 28.7 Å². The Hall–Kier alpha value is -3.11. The molecule has 182 valence electrons. The molecule has 2 aromatic rings. The van der Waals surface area contributed by atoms with E-state index in [1.165, 1.54) is 17.8 Å². The molecule has 0 spiro atoms. The Morgan fingerprint density at radius 1 is 1.15 bits per heavy atom. The molecule has 3 amide bonds. The SMILES string of the molecule is CC(C)CCSc1ccc(C(=O)Nc2ccc(NC(=O)NCC3CCCO3)cc2)cc1[N+](=O)[O-]. The molecule has 1 aliphatic heterocycles. The van der Waals surface area contributed by atoms with Crippen LogP contribution in [0.2, 0.25) is 0 Å². The number of nitro benzene ring substituents is 1. The van der Waals surface area contributed by atoms with E-state index in [0.717, 1.165) is 31.6 Å². The molecule has 1 unspecified atom stereocenters. The van der Waals surface area contributed by atoms with Crippen LogP contribution in [0.1, 0.15) is 43.5 Å². The molecule has 1 atom stereocenters. The maximum absolute atomic E-state index is 12.6. The summed E-state index contributed by atoms with van der Waals surface area (Å²) in [5.74, 6) is 0.840. The number of hydrogen-bond donors (Lipinski definition) is 3. The summed E-state index contributed by atoms with van der Waals surface area (Å²) in [5.41, 5.74) is 1.21. The first-order chi connectivity index (χ1) is 16.3. The minimum absolute atomic E-state index is 0.0619. The Labute approximate surface area is 203 Å². The van der Waals surface area contributed by atoms with Gasteiger partial charge in [-0.2, -0.15) is 0 Å². The van der Waals surface area contributed by atoms with Gasteiger partial charge in [-0.25, -0.2) is 4.79 Å². The lowest BCUT2D eigenvalue weighted by Gasteiger charge is -2.12. The predicted molar refractivity (Wildman–Crippen MR) is 134 cm³/mol. The summed E-state index contributed by atoms with van der Waals surface area (Å²) in [7, 11) is 0. The molecule has 1 heterocycles. The van der Waals surface area contributed by atoms with Crippen LogP contribution in [0.5, 0.6) is 0 Å². The van der Waals surface area contributed by atoms with Gasteiger partial charge in [0.05, 0.1) is 15.9 Å². The van der Waals surface area contributed by atoms with Crippen LogP contribution in [-0.2, 0) is 4.74 Å². The number of thioether (sulfide) groups is 1. The van der Waals surface area contributed by atoms with Gasteiger partial charge in [-0.15, -0.1) is 11.8 Å². The number of nitrogens with zero attached hydrogens (tertiary/aromatic N) is 1. The van der Waals surface area contributed by atoms with E-state index in [9.17, 15) is 19.7 Å². The minimum atomic E-state index is -0.459. The second kappa shape index (κ2) is 12.4. The molecule has 1 saturated heterocycles. The third kappa shape index (κ3) is 7.74. The molecule has 1 aliphatic rings. The summed E-state index contributed by atoms with van der Waals surface area (Å²) in [6.07, 6.45) is 2.96. The Kier molecular flexibility index (Phi) is 9.29. The molecule has 0 saturated carbocycles. The second-order valence-electron chi connectivity index (χ2n) is 8.47. The van der Waals surface area contributed by atoms with Crippen molar-refractivity contribution in [2.24, 2.45) is 5.92 Å². The van der Waals surface area contributed by atoms with Crippen LogP contribution in [0.3, 0.4) is 0 Å². The standard InChI is InChI=1S/C24H30N4O5S/c1-16(2)11-13-34-22-10-5-17(14-21(22)28(31)32)23(29)26-18-6-8-19(9-7-18)27-24(30)25-15-20-4-3-12-33-20/h5-10,14,16,20H,3-4,11-13,15H2,1-2H3,(H,26,29)(H2,25,27,30). The quantitative estimate of drug-likeness (QED) is 0.238. The summed E-state index contributed by atoms with van der Waals surface area (Å²) in [6, 6.07) is 10.8. The van der Waals surface area contributed by atoms with Crippen molar-refractivity contribution in [2.75, 3.05) is 29.5 Å². The zero-order valence-electron chi connectivity index (χ0n) is 19.3. The molecule has 9 nitrogen and oxygen atoms in total. The highest BCUT2D eigenvalue weighted by atomic mass is 32.2. The number of carbonyl (C=O) groups is 2. The van der Waals surface area contributed by atoms with Crippen LogP contribution < -0.4 is 16.0 Å². The number of carbonyl (C=O) groups excluding carboxylic acids is 2. The molecule has 10 heteroatoms. The van der Waals surface area contributed by atoms with Gasteiger partial charge in [0.1, 0.15) is 0 Å². The molecule has 0 aromatic heterocycles. The van der Waals surface area contributed by atoms with E-state index in [4.69, 9.17) is 4.74 Å². The number of nitrogens with one attached hydrogen (secondary N) is 3. The Bertz CT molecular complexity index is 1010. The van der Waals surface area contributed by atoms with Gasteiger partial charge in [0.2, 0.25) is 0 Å². The highest BCUT2D eigenvalue weighted by Crippen LogP contribution is 2.31. The predicted octanol–water partition coefficient (Wildman–Crippen LogP) is 5.29.